The van der Waals surface area contributed by atoms with Crippen LogP contribution in [0.1, 0.15) is 30.6 Å². The molecule has 0 unspecified atom stereocenters. The molecule has 3 heterocycles. The van der Waals surface area contributed by atoms with Crippen LogP contribution in [0.5, 0.6) is 0 Å². The summed E-state index contributed by atoms with van der Waals surface area (Å²) in [6, 6.07) is 3.23. The molecule has 0 saturated carbocycles. The van der Waals surface area contributed by atoms with Gasteiger partial charge >= 0.3 is 0 Å². The summed E-state index contributed by atoms with van der Waals surface area (Å²) in [4.78, 5) is 25.3. The highest BCUT2D eigenvalue weighted by molar-refractivity contribution is 7.99. The maximum atomic E-state index is 12.2. The number of pyridine rings is 1. The van der Waals surface area contributed by atoms with Gasteiger partial charge in [0.15, 0.2) is 10.8 Å². The molecule has 0 atom stereocenters. The maximum Gasteiger partial charge on any atom is 0.252 e. The van der Waals surface area contributed by atoms with Crippen molar-refractivity contribution in [3.05, 3.63) is 35.2 Å². The molecular weight excluding hydrogens is 398 g/mol. The highest BCUT2D eigenvalue weighted by Crippen LogP contribution is 2.24. The minimum Gasteiger partial charge on any atom is -0.369 e. The molecule has 0 aliphatic heterocycles. The molecule has 28 heavy (non-hydrogen) atoms. The van der Waals surface area contributed by atoms with Crippen LogP contribution in [0.4, 0.5) is 5.82 Å². The number of anilines is 1. The van der Waals surface area contributed by atoms with E-state index in [-0.39, 0.29) is 5.91 Å². The van der Waals surface area contributed by atoms with E-state index in [4.69, 9.17) is 11.6 Å². The van der Waals surface area contributed by atoms with E-state index >= 15 is 0 Å². The normalized spacial score (nSPS) is 11.0. The van der Waals surface area contributed by atoms with Gasteiger partial charge < -0.3 is 10.6 Å². The topological polar surface area (TPSA) is 97.6 Å². The Morgan fingerprint density at radius 2 is 2.07 bits per heavy atom. The fourth-order valence-electron chi connectivity index (χ4n) is 2.56. The number of fused-ring (bicyclic) bond motifs is 1. The van der Waals surface area contributed by atoms with Crippen molar-refractivity contribution in [1.82, 2.24) is 30.0 Å². The summed E-state index contributed by atoms with van der Waals surface area (Å²) in [5.74, 6) is 1.48. The van der Waals surface area contributed by atoms with E-state index in [0.29, 0.717) is 29.0 Å². The van der Waals surface area contributed by atoms with Crippen molar-refractivity contribution in [2.24, 2.45) is 0 Å². The van der Waals surface area contributed by atoms with Crippen LogP contribution in [0.25, 0.3) is 11.0 Å². The number of amides is 1. The number of hydrogen-bond acceptors (Lipinski definition) is 7. The van der Waals surface area contributed by atoms with Crippen molar-refractivity contribution in [3.8, 4) is 0 Å². The standard InChI is InChI=1S/C18H22ClN7OS/c1-3-7-20-15-13-11-23-26(16(13)25-18(24-15)28-4-2)9-8-21-17(27)12-5-6-14(19)22-10-12/h5-6,10-11H,3-4,7-9H2,1-2H3,(H,21,27)(H,20,24,25). The molecule has 0 radical (unpaired) electrons. The van der Waals surface area contributed by atoms with Crippen LogP contribution in [-0.2, 0) is 6.54 Å². The lowest BCUT2D eigenvalue weighted by Gasteiger charge is -2.09. The number of carbonyl (C=O) groups is 1. The average molecular weight is 420 g/mol. The molecule has 0 aliphatic rings. The SMILES string of the molecule is CCCNc1nc(SCC)nc2c1cnn2CCNC(=O)c1ccc(Cl)nc1. The minimum absolute atomic E-state index is 0.206. The second-order valence-electron chi connectivity index (χ2n) is 5.95. The van der Waals surface area contributed by atoms with E-state index in [1.807, 2.05) is 0 Å². The lowest BCUT2D eigenvalue weighted by molar-refractivity contribution is 0.0951. The number of rotatable bonds is 9. The summed E-state index contributed by atoms with van der Waals surface area (Å²) in [5.41, 5.74) is 1.22. The zero-order chi connectivity index (χ0) is 19.9. The fourth-order valence-corrected chi connectivity index (χ4v) is 3.24. The zero-order valence-corrected chi connectivity index (χ0v) is 17.3. The summed E-state index contributed by atoms with van der Waals surface area (Å²) < 4.78 is 1.79. The van der Waals surface area contributed by atoms with Crippen molar-refractivity contribution in [3.63, 3.8) is 0 Å². The summed E-state index contributed by atoms with van der Waals surface area (Å²) in [5, 5.41) is 12.6. The Hall–Kier alpha value is -2.39. The summed E-state index contributed by atoms with van der Waals surface area (Å²) in [6.07, 6.45) is 4.22. The summed E-state index contributed by atoms with van der Waals surface area (Å²) >= 11 is 7.34. The van der Waals surface area contributed by atoms with E-state index in [0.717, 1.165) is 35.6 Å². The molecular formula is C18H22ClN7OS. The van der Waals surface area contributed by atoms with Crippen LogP contribution < -0.4 is 10.6 Å². The average Bonchev–Trinajstić information content (AvgIpc) is 3.10. The van der Waals surface area contributed by atoms with Crippen LogP contribution in [-0.4, -0.2) is 49.5 Å². The number of halogens is 1. The molecule has 148 valence electrons. The maximum absolute atomic E-state index is 12.2. The predicted octanol–water partition coefficient (Wildman–Crippen LogP) is 3.24. The van der Waals surface area contributed by atoms with Crippen molar-refractivity contribution in [1.29, 1.82) is 0 Å². The summed E-state index contributed by atoms with van der Waals surface area (Å²) in [7, 11) is 0. The number of thioether (sulfide) groups is 1. The Morgan fingerprint density at radius 3 is 2.79 bits per heavy atom. The van der Waals surface area contributed by atoms with Gasteiger partial charge in [0.1, 0.15) is 11.0 Å². The smallest absolute Gasteiger partial charge is 0.252 e. The van der Waals surface area contributed by atoms with Gasteiger partial charge in [-0.3, -0.25) is 4.79 Å². The Labute approximate surface area is 172 Å². The van der Waals surface area contributed by atoms with Gasteiger partial charge in [0.2, 0.25) is 0 Å². The third-order valence-electron chi connectivity index (χ3n) is 3.89. The molecule has 0 bridgehead atoms. The van der Waals surface area contributed by atoms with Gasteiger partial charge in [-0.05, 0) is 24.3 Å². The monoisotopic (exact) mass is 419 g/mol. The Balaban J connectivity index is 1.72. The van der Waals surface area contributed by atoms with Gasteiger partial charge in [0, 0.05) is 19.3 Å². The van der Waals surface area contributed by atoms with Gasteiger partial charge in [0.25, 0.3) is 5.91 Å². The molecule has 3 aromatic heterocycles. The molecule has 3 rings (SSSR count). The number of hydrogen-bond donors (Lipinski definition) is 2. The molecule has 0 aromatic carbocycles. The first-order chi connectivity index (χ1) is 13.6. The van der Waals surface area contributed by atoms with Crippen LogP contribution in [0.3, 0.4) is 0 Å². The number of aromatic nitrogens is 5. The molecule has 10 heteroatoms. The first-order valence-corrected chi connectivity index (χ1v) is 10.5. The first kappa shape index (κ1) is 20.3. The molecule has 0 spiro atoms. The Kier molecular flexibility index (Phi) is 7.05. The Morgan fingerprint density at radius 1 is 1.21 bits per heavy atom. The van der Waals surface area contributed by atoms with E-state index < -0.39 is 0 Å². The number of carbonyl (C=O) groups excluding carboxylic acids is 1. The van der Waals surface area contributed by atoms with E-state index in [2.05, 4.69) is 44.5 Å². The molecule has 0 aliphatic carbocycles. The molecule has 2 N–H and O–H groups in total. The molecule has 0 saturated heterocycles. The second-order valence-corrected chi connectivity index (χ2v) is 7.56. The lowest BCUT2D eigenvalue weighted by atomic mass is 10.3. The van der Waals surface area contributed by atoms with E-state index in [1.165, 1.54) is 6.20 Å². The molecule has 8 nitrogen and oxygen atoms in total. The van der Waals surface area contributed by atoms with Gasteiger partial charge in [-0.25, -0.2) is 19.6 Å². The van der Waals surface area contributed by atoms with Crippen molar-refractivity contribution in [2.45, 2.75) is 32.0 Å². The third kappa shape index (κ3) is 4.90. The van der Waals surface area contributed by atoms with Gasteiger partial charge in [-0.1, -0.05) is 37.2 Å². The fraction of sp³-hybridized carbons (Fsp3) is 0.389. The lowest BCUT2D eigenvalue weighted by Crippen LogP contribution is -2.27. The summed E-state index contributed by atoms with van der Waals surface area (Å²) in [6.45, 7) is 5.91. The highest BCUT2D eigenvalue weighted by Gasteiger charge is 2.13. The van der Waals surface area contributed by atoms with Crippen LogP contribution in [0.2, 0.25) is 5.15 Å². The van der Waals surface area contributed by atoms with E-state index in [1.54, 1.807) is 34.8 Å². The number of nitrogens with zero attached hydrogens (tertiary/aromatic N) is 5. The predicted molar refractivity (Wildman–Crippen MR) is 112 cm³/mol. The number of nitrogens with one attached hydrogen (secondary N) is 2. The van der Waals surface area contributed by atoms with Crippen molar-refractivity contribution >= 4 is 46.1 Å². The van der Waals surface area contributed by atoms with Gasteiger partial charge in [-0.15, -0.1) is 0 Å². The van der Waals surface area contributed by atoms with Crippen molar-refractivity contribution < 1.29 is 4.79 Å². The molecule has 1 amide bonds. The Bertz CT molecular complexity index is 945. The second kappa shape index (κ2) is 9.70. The molecule has 0 fully saturated rings. The van der Waals surface area contributed by atoms with Gasteiger partial charge in [0.05, 0.1) is 23.7 Å². The van der Waals surface area contributed by atoms with E-state index in [9.17, 15) is 4.79 Å². The largest absolute Gasteiger partial charge is 0.369 e. The quantitative estimate of drug-likeness (QED) is 0.312. The van der Waals surface area contributed by atoms with Crippen LogP contribution in [0.15, 0.2) is 29.7 Å². The zero-order valence-electron chi connectivity index (χ0n) is 15.8. The van der Waals surface area contributed by atoms with Crippen molar-refractivity contribution in [2.75, 3.05) is 24.2 Å². The minimum atomic E-state index is -0.206. The van der Waals surface area contributed by atoms with Crippen LogP contribution in [0, 0.1) is 0 Å². The first-order valence-electron chi connectivity index (χ1n) is 9.12. The van der Waals surface area contributed by atoms with Crippen LogP contribution >= 0.6 is 23.4 Å². The third-order valence-corrected chi connectivity index (χ3v) is 4.84. The highest BCUT2D eigenvalue weighted by atomic mass is 35.5. The van der Waals surface area contributed by atoms with Gasteiger partial charge in [-0.2, -0.15) is 5.10 Å². The molecule has 3 aromatic rings.